The first kappa shape index (κ1) is 13.3. The minimum atomic E-state index is 0.253. The molecule has 0 amide bonds. The quantitative estimate of drug-likeness (QED) is 0.525. The Bertz CT molecular complexity index is 750. The van der Waals surface area contributed by atoms with Crippen molar-refractivity contribution in [2.75, 3.05) is 24.1 Å². The van der Waals surface area contributed by atoms with Gasteiger partial charge in [0, 0.05) is 36.4 Å². The first-order chi connectivity index (χ1) is 10.3. The molecule has 0 aliphatic heterocycles. The number of hydrogen-bond acceptors (Lipinski definition) is 6. The molecule has 0 unspecified atom stereocenters. The van der Waals surface area contributed by atoms with Gasteiger partial charge in [-0.15, -0.1) is 0 Å². The monoisotopic (exact) mass is 283 g/mol. The summed E-state index contributed by atoms with van der Waals surface area (Å²) in [5, 5.41) is 4.38. The first-order valence-electron chi connectivity index (χ1n) is 6.78. The molecule has 0 saturated heterocycles. The van der Waals surface area contributed by atoms with E-state index >= 15 is 0 Å². The molecule has 3 aromatic rings. The summed E-state index contributed by atoms with van der Waals surface area (Å²) in [6.07, 6.45) is 6.20. The molecule has 7 nitrogen and oxygen atoms in total. The Hall–Kier alpha value is -2.67. The number of nitrogen functional groups attached to an aromatic ring is 1. The standard InChI is InChI=1S/C14H17N7/c15-4-1-5-17-11-3-6-18-13-12(11)9(8-20-13)10-2-7-19-14(16)21-10/h2-3,6-8H,1,4-5,15H2,(H2,16,19,21)(H2,17,18,20). The third-order valence-corrected chi connectivity index (χ3v) is 3.22. The molecule has 0 aromatic carbocycles. The molecule has 3 heterocycles. The third kappa shape index (κ3) is 2.63. The average Bonchev–Trinajstić information content (AvgIpc) is 2.92. The van der Waals surface area contributed by atoms with Crippen molar-refractivity contribution in [3.05, 3.63) is 30.7 Å². The van der Waals surface area contributed by atoms with Crippen LogP contribution in [0.15, 0.2) is 30.7 Å². The Labute approximate surface area is 121 Å². The van der Waals surface area contributed by atoms with E-state index in [9.17, 15) is 0 Å². The summed E-state index contributed by atoms with van der Waals surface area (Å²) >= 11 is 0. The Morgan fingerprint density at radius 1 is 1.19 bits per heavy atom. The minimum absolute atomic E-state index is 0.253. The van der Waals surface area contributed by atoms with Crippen molar-refractivity contribution in [3.8, 4) is 11.3 Å². The maximum atomic E-state index is 5.67. The lowest BCUT2D eigenvalue weighted by Gasteiger charge is -2.08. The van der Waals surface area contributed by atoms with Crippen LogP contribution >= 0.6 is 0 Å². The Morgan fingerprint density at radius 3 is 2.86 bits per heavy atom. The highest BCUT2D eigenvalue weighted by molar-refractivity contribution is 6.01. The fourth-order valence-corrected chi connectivity index (χ4v) is 2.25. The predicted octanol–water partition coefficient (Wildman–Crippen LogP) is 1.36. The van der Waals surface area contributed by atoms with E-state index in [-0.39, 0.29) is 5.95 Å². The highest BCUT2D eigenvalue weighted by Gasteiger charge is 2.12. The van der Waals surface area contributed by atoms with Gasteiger partial charge in [0.05, 0.1) is 11.1 Å². The number of nitrogens with zero attached hydrogens (tertiary/aromatic N) is 3. The van der Waals surface area contributed by atoms with E-state index in [0.29, 0.717) is 6.54 Å². The Kier molecular flexibility index (Phi) is 3.65. The lowest BCUT2D eigenvalue weighted by Crippen LogP contribution is -2.08. The zero-order valence-corrected chi connectivity index (χ0v) is 11.5. The van der Waals surface area contributed by atoms with Gasteiger partial charge in [-0.2, -0.15) is 0 Å². The second-order valence-corrected chi connectivity index (χ2v) is 4.65. The molecular weight excluding hydrogens is 266 g/mol. The van der Waals surface area contributed by atoms with Crippen molar-refractivity contribution >= 4 is 22.7 Å². The highest BCUT2D eigenvalue weighted by atomic mass is 15.0. The summed E-state index contributed by atoms with van der Waals surface area (Å²) in [7, 11) is 0. The second kappa shape index (κ2) is 5.76. The second-order valence-electron chi connectivity index (χ2n) is 4.65. The maximum Gasteiger partial charge on any atom is 0.220 e. The van der Waals surface area contributed by atoms with Gasteiger partial charge in [0.15, 0.2) is 0 Å². The van der Waals surface area contributed by atoms with Crippen LogP contribution in [0.5, 0.6) is 0 Å². The van der Waals surface area contributed by atoms with Crippen LogP contribution in [0.2, 0.25) is 0 Å². The Morgan fingerprint density at radius 2 is 2.05 bits per heavy atom. The zero-order chi connectivity index (χ0) is 14.7. The predicted molar refractivity (Wildman–Crippen MR) is 83.7 cm³/mol. The van der Waals surface area contributed by atoms with E-state index < -0.39 is 0 Å². The lowest BCUT2D eigenvalue weighted by atomic mass is 10.1. The van der Waals surface area contributed by atoms with Crippen LogP contribution in [0.3, 0.4) is 0 Å². The van der Waals surface area contributed by atoms with E-state index in [1.54, 1.807) is 12.4 Å². The number of rotatable bonds is 5. The molecular formula is C14H17N7. The van der Waals surface area contributed by atoms with Gasteiger partial charge in [0.25, 0.3) is 0 Å². The lowest BCUT2D eigenvalue weighted by molar-refractivity contribution is 0.875. The zero-order valence-electron chi connectivity index (χ0n) is 11.5. The van der Waals surface area contributed by atoms with Gasteiger partial charge in [-0.3, -0.25) is 0 Å². The van der Waals surface area contributed by atoms with E-state index in [0.717, 1.165) is 40.9 Å². The molecule has 0 spiro atoms. The van der Waals surface area contributed by atoms with E-state index in [2.05, 4.69) is 25.3 Å². The molecule has 0 aliphatic rings. The van der Waals surface area contributed by atoms with Crippen LogP contribution in [0.4, 0.5) is 11.6 Å². The summed E-state index contributed by atoms with van der Waals surface area (Å²) in [5.74, 6) is 0.253. The van der Waals surface area contributed by atoms with E-state index in [1.807, 2.05) is 18.3 Å². The molecule has 0 bridgehead atoms. The van der Waals surface area contributed by atoms with Crippen molar-refractivity contribution in [2.24, 2.45) is 5.73 Å². The van der Waals surface area contributed by atoms with Crippen molar-refractivity contribution in [2.45, 2.75) is 6.42 Å². The molecule has 0 aliphatic carbocycles. The van der Waals surface area contributed by atoms with E-state index in [4.69, 9.17) is 11.5 Å². The number of H-pyrrole nitrogens is 1. The number of nitrogens with one attached hydrogen (secondary N) is 2. The third-order valence-electron chi connectivity index (χ3n) is 3.22. The number of fused-ring (bicyclic) bond motifs is 1. The Balaban J connectivity index is 2.07. The molecule has 108 valence electrons. The van der Waals surface area contributed by atoms with Gasteiger partial charge in [-0.05, 0) is 25.1 Å². The largest absolute Gasteiger partial charge is 0.384 e. The molecule has 7 heteroatoms. The van der Waals surface area contributed by atoms with Crippen LogP contribution in [0.1, 0.15) is 6.42 Å². The SMILES string of the molecule is NCCCNc1ccnc2[nH]cc(-c3ccnc(N)n3)c12. The molecule has 0 atom stereocenters. The maximum absolute atomic E-state index is 5.67. The van der Waals surface area contributed by atoms with E-state index in [1.165, 1.54) is 0 Å². The summed E-state index contributed by atoms with van der Waals surface area (Å²) in [6, 6.07) is 3.77. The summed E-state index contributed by atoms with van der Waals surface area (Å²) in [6.45, 7) is 1.47. The number of aromatic amines is 1. The van der Waals surface area contributed by atoms with Crippen LogP contribution in [0, 0.1) is 0 Å². The molecule has 3 rings (SSSR count). The van der Waals surface area contributed by atoms with Gasteiger partial charge in [0.2, 0.25) is 5.95 Å². The minimum Gasteiger partial charge on any atom is -0.384 e. The summed E-state index contributed by atoms with van der Waals surface area (Å²) < 4.78 is 0. The normalized spacial score (nSPS) is 10.9. The van der Waals surface area contributed by atoms with Crippen molar-refractivity contribution in [1.82, 2.24) is 19.9 Å². The van der Waals surface area contributed by atoms with Crippen LogP contribution < -0.4 is 16.8 Å². The smallest absolute Gasteiger partial charge is 0.220 e. The van der Waals surface area contributed by atoms with Gasteiger partial charge in [0.1, 0.15) is 5.65 Å². The summed E-state index contributed by atoms with van der Waals surface area (Å²) in [4.78, 5) is 15.7. The van der Waals surface area contributed by atoms with Crippen molar-refractivity contribution in [1.29, 1.82) is 0 Å². The van der Waals surface area contributed by atoms with Crippen molar-refractivity contribution < 1.29 is 0 Å². The number of nitrogens with two attached hydrogens (primary N) is 2. The van der Waals surface area contributed by atoms with Crippen LogP contribution in [0.25, 0.3) is 22.3 Å². The topological polar surface area (TPSA) is 119 Å². The molecule has 0 saturated carbocycles. The average molecular weight is 283 g/mol. The molecule has 3 aromatic heterocycles. The number of anilines is 2. The van der Waals surface area contributed by atoms with Gasteiger partial charge < -0.3 is 21.8 Å². The highest BCUT2D eigenvalue weighted by Crippen LogP contribution is 2.31. The fourth-order valence-electron chi connectivity index (χ4n) is 2.25. The number of hydrogen-bond donors (Lipinski definition) is 4. The van der Waals surface area contributed by atoms with Crippen molar-refractivity contribution in [3.63, 3.8) is 0 Å². The van der Waals surface area contributed by atoms with Crippen LogP contribution in [-0.2, 0) is 0 Å². The van der Waals surface area contributed by atoms with Crippen LogP contribution in [-0.4, -0.2) is 33.0 Å². The molecule has 21 heavy (non-hydrogen) atoms. The molecule has 0 radical (unpaired) electrons. The molecule has 6 N–H and O–H groups in total. The number of aromatic nitrogens is 4. The number of pyridine rings is 1. The molecule has 0 fully saturated rings. The van der Waals surface area contributed by atoms with Gasteiger partial charge >= 0.3 is 0 Å². The first-order valence-corrected chi connectivity index (χ1v) is 6.78. The summed E-state index contributed by atoms with van der Waals surface area (Å²) in [5.41, 5.74) is 14.7. The van der Waals surface area contributed by atoms with Gasteiger partial charge in [-0.25, -0.2) is 15.0 Å². The van der Waals surface area contributed by atoms with Gasteiger partial charge in [-0.1, -0.05) is 0 Å². The fraction of sp³-hybridized carbons (Fsp3) is 0.214.